The molecule has 7 heteroatoms. The lowest BCUT2D eigenvalue weighted by Crippen LogP contribution is -2.37. The summed E-state index contributed by atoms with van der Waals surface area (Å²) in [4.78, 5) is 24.0. The molecule has 0 bridgehead atoms. The number of amides is 1. The van der Waals surface area contributed by atoms with E-state index in [4.69, 9.17) is 23.2 Å². The summed E-state index contributed by atoms with van der Waals surface area (Å²) in [6.45, 7) is 0.600. The van der Waals surface area contributed by atoms with Crippen molar-refractivity contribution in [3.8, 4) is 0 Å². The molecule has 108 valence electrons. The van der Waals surface area contributed by atoms with Gasteiger partial charge in [-0.3, -0.25) is 14.9 Å². The van der Waals surface area contributed by atoms with E-state index in [0.29, 0.717) is 12.5 Å². The predicted octanol–water partition coefficient (Wildman–Crippen LogP) is 3.34. The van der Waals surface area contributed by atoms with E-state index < -0.39 is 4.92 Å². The van der Waals surface area contributed by atoms with Crippen LogP contribution in [0.4, 0.5) is 5.69 Å². The first-order valence-corrected chi connectivity index (χ1v) is 7.02. The smallest absolute Gasteiger partial charge is 0.271 e. The molecule has 20 heavy (non-hydrogen) atoms. The van der Waals surface area contributed by atoms with Gasteiger partial charge in [0.2, 0.25) is 0 Å². The molecule has 1 aromatic carbocycles. The Bertz CT molecular complexity index is 544. The van der Waals surface area contributed by atoms with Gasteiger partial charge < -0.3 is 4.90 Å². The van der Waals surface area contributed by atoms with Crippen LogP contribution < -0.4 is 0 Å². The van der Waals surface area contributed by atoms with Gasteiger partial charge in [0, 0.05) is 41.7 Å². The summed E-state index contributed by atoms with van der Waals surface area (Å²) in [6, 6.07) is 3.91. The summed E-state index contributed by atoms with van der Waals surface area (Å²) in [5.74, 6) is 0.134. The molecule has 0 unspecified atom stereocenters. The van der Waals surface area contributed by atoms with E-state index in [-0.39, 0.29) is 27.6 Å². The number of rotatable bonds is 4. The van der Waals surface area contributed by atoms with Crippen LogP contribution in [0.15, 0.2) is 18.2 Å². The molecular formula is C13H14Cl2N2O3. The van der Waals surface area contributed by atoms with Crippen molar-refractivity contribution in [1.82, 2.24) is 4.90 Å². The number of alkyl halides is 1. The molecule has 0 aliphatic heterocycles. The van der Waals surface area contributed by atoms with E-state index >= 15 is 0 Å². The van der Waals surface area contributed by atoms with Crippen LogP contribution in [0.5, 0.6) is 0 Å². The standard InChI is InChI=1S/C13H14Cl2N2O3/c1-16(7-8-2-10(14)3-8)13(18)9-4-11(15)6-12(5-9)17(19)20/h4-6,8,10H,2-3,7H2,1H3. The Morgan fingerprint density at radius 1 is 1.45 bits per heavy atom. The molecule has 1 aliphatic rings. The van der Waals surface area contributed by atoms with Crippen LogP contribution in [0.25, 0.3) is 0 Å². The third-order valence-electron chi connectivity index (χ3n) is 3.40. The molecule has 5 nitrogen and oxygen atoms in total. The first kappa shape index (κ1) is 15.1. The van der Waals surface area contributed by atoms with Crippen LogP contribution in [-0.4, -0.2) is 34.7 Å². The Hall–Kier alpha value is -1.33. The fourth-order valence-corrected chi connectivity index (χ4v) is 3.03. The van der Waals surface area contributed by atoms with Crippen LogP contribution >= 0.6 is 23.2 Å². The second-order valence-corrected chi connectivity index (χ2v) is 6.13. The van der Waals surface area contributed by atoms with Crippen molar-refractivity contribution in [2.24, 2.45) is 5.92 Å². The van der Waals surface area contributed by atoms with E-state index in [1.807, 2.05) is 0 Å². The number of carbonyl (C=O) groups excluding carboxylic acids is 1. The summed E-state index contributed by atoms with van der Waals surface area (Å²) in [5.41, 5.74) is 0.0483. The average molecular weight is 317 g/mol. The minimum atomic E-state index is -0.563. The number of benzene rings is 1. The first-order chi connectivity index (χ1) is 9.36. The number of carbonyl (C=O) groups is 1. The maximum absolute atomic E-state index is 12.2. The lowest BCUT2D eigenvalue weighted by Gasteiger charge is -2.34. The summed E-state index contributed by atoms with van der Waals surface area (Å²) >= 11 is 11.7. The zero-order valence-corrected chi connectivity index (χ0v) is 12.4. The van der Waals surface area contributed by atoms with Gasteiger partial charge in [-0.1, -0.05) is 11.6 Å². The van der Waals surface area contributed by atoms with E-state index in [0.717, 1.165) is 12.8 Å². The average Bonchev–Trinajstić information content (AvgIpc) is 2.35. The summed E-state index contributed by atoms with van der Waals surface area (Å²) in [5, 5.41) is 11.2. The molecule has 0 atom stereocenters. The van der Waals surface area contributed by atoms with E-state index in [1.165, 1.54) is 18.2 Å². The van der Waals surface area contributed by atoms with Crippen molar-refractivity contribution in [1.29, 1.82) is 0 Å². The van der Waals surface area contributed by atoms with Crippen LogP contribution in [0.3, 0.4) is 0 Å². The highest BCUT2D eigenvalue weighted by Gasteiger charge is 2.29. The van der Waals surface area contributed by atoms with Gasteiger partial charge in [-0.05, 0) is 24.8 Å². The van der Waals surface area contributed by atoms with E-state index in [2.05, 4.69) is 0 Å². The quantitative estimate of drug-likeness (QED) is 0.486. The highest BCUT2D eigenvalue weighted by Crippen LogP contribution is 2.32. The molecule has 1 fully saturated rings. The summed E-state index contributed by atoms with van der Waals surface area (Å²) in [6.07, 6.45) is 1.80. The minimum Gasteiger partial charge on any atom is -0.341 e. The second-order valence-electron chi connectivity index (χ2n) is 5.08. The van der Waals surface area contributed by atoms with Gasteiger partial charge >= 0.3 is 0 Å². The molecule has 2 rings (SSSR count). The van der Waals surface area contributed by atoms with Gasteiger partial charge in [0.25, 0.3) is 11.6 Å². The lowest BCUT2D eigenvalue weighted by molar-refractivity contribution is -0.384. The Balaban J connectivity index is 2.09. The fourth-order valence-electron chi connectivity index (χ4n) is 2.30. The van der Waals surface area contributed by atoms with Gasteiger partial charge in [-0.2, -0.15) is 0 Å². The first-order valence-electron chi connectivity index (χ1n) is 6.21. The largest absolute Gasteiger partial charge is 0.341 e. The zero-order chi connectivity index (χ0) is 14.9. The van der Waals surface area contributed by atoms with Gasteiger partial charge in [0.15, 0.2) is 0 Å². The molecule has 0 heterocycles. The number of nitro benzene ring substituents is 1. The van der Waals surface area contributed by atoms with Crippen LogP contribution in [0, 0.1) is 16.0 Å². The van der Waals surface area contributed by atoms with Crippen LogP contribution in [0.1, 0.15) is 23.2 Å². The van der Waals surface area contributed by atoms with Crippen molar-refractivity contribution in [2.75, 3.05) is 13.6 Å². The van der Waals surface area contributed by atoms with E-state index in [1.54, 1.807) is 11.9 Å². The molecule has 1 aromatic rings. The molecule has 1 aliphatic carbocycles. The van der Waals surface area contributed by atoms with Gasteiger partial charge in [-0.25, -0.2) is 0 Å². The van der Waals surface area contributed by atoms with Crippen molar-refractivity contribution in [3.05, 3.63) is 38.9 Å². The highest BCUT2D eigenvalue weighted by atomic mass is 35.5. The van der Waals surface area contributed by atoms with Gasteiger partial charge in [-0.15, -0.1) is 11.6 Å². The molecular weight excluding hydrogens is 303 g/mol. The minimum absolute atomic E-state index is 0.181. The molecule has 0 saturated heterocycles. The van der Waals surface area contributed by atoms with Crippen molar-refractivity contribution in [2.45, 2.75) is 18.2 Å². The molecule has 0 radical (unpaired) electrons. The molecule has 0 spiro atoms. The van der Waals surface area contributed by atoms with Crippen LogP contribution in [0.2, 0.25) is 5.02 Å². The summed E-state index contributed by atoms with van der Waals surface area (Å²) < 4.78 is 0. The second kappa shape index (κ2) is 5.97. The predicted molar refractivity (Wildman–Crippen MR) is 77.4 cm³/mol. The Morgan fingerprint density at radius 3 is 2.65 bits per heavy atom. The highest BCUT2D eigenvalue weighted by molar-refractivity contribution is 6.31. The molecule has 1 amide bonds. The zero-order valence-electron chi connectivity index (χ0n) is 10.9. The van der Waals surface area contributed by atoms with Crippen molar-refractivity contribution in [3.63, 3.8) is 0 Å². The Morgan fingerprint density at radius 2 is 2.10 bits per heavy atom. The van der Waals surface area contributed by atoms with Gasteiger partial charge in [0.1, 0.15) is 0 Å². The van der Waals surface area contributed by atoms with Crippen LogP contribution in [-0.2, 0) is 0 Å². The number of hydrogen-bond acceptors (Lipinski definition) is 3. The number of halogens is 2. The SMILES string of the molecule is CN(CC1CC(Cl)C1)C(=O)c1cc(Cl)cc([N+](=O)[O-])c1. The Kier molecular flexibility index (Phi) is 4.50. The number of nitrogens with zero attached hydrogens (tertiary/aromatic N) is 2. The topological polar surface area (TPSA) is 63.5 Å². The normalized spacial score (nSPS) is 21.1. The maximum Gasteiger partial charge on any atom is 0.271 e. The third kappa shape index (κ3) is 3.41. The summed E-state index contributed by atoms with van der Waals surface area (Å²) in [7, 11) is 1.68. The molecule has 0 N–H and O–H groups in total. The third-order valence-corrected chi connectivity index (χ3v) is 3.97. The fraction of sp³-hybridized carbons (Fsp3) is 0.462. The number of hydrogen-bond donors (Lipinski definition) is 0. The monoisotopic (exact) mass is 316 g/mol. The lowest BCUT2D eigenvalue weighted by atomic mass is 9.84. The molecule has 0 aromatic heterocycles. The van der Waals surface area contributed by atoms with E-state index in [9.17, 15) is 14.9 Å². The van der Waals surface area contributed by atoms with Gasteiger partial charge in [0.05, 0.1) is 4.92 Å². The Labute approximate surface area is 126 Å². The molecule has 1 saturated carbocycles. The number of non-ortho nitro benzene ring substituents is 1. The maximum atomic E-state index is 12.2. The van der Waals surface area contributed by atoms with Crippen molar-refractivity contribution >= 4 is 34.8 Å². The number of nitro groups is 1. The van der Waals surface area contributed by atoms with Crippen molar-refractivity contribution < 1.29 is 9.72 Å².